The van der Waals surface area contributed by atoms with Crippen LogP contribution in [0, 0.1) is 6.92 Å². The summed E-state index contributed by atoms with van der Waals surface area (Å²) in [6.45, 7) is 2.24. The van der Waals surface area contributed by atoms with Crippen molar-refractivity contribution >= 4 is 23.1 Å². The Morgan fingerprint density at radius 1 is 1.00 bits per heavy atom. The van der Waals surface area contributed by atoms with Crippen molar-refractivity contribution in [2.45, 2.75) is 13.5 Å². The lowest BCUT2D eigenvalue weighted by atomic mass is 10.2. The van der Waals surface area contributed by atoms with Crippen LogP contribution in [0.2, 0.25) is 0 Å². The summed E-state index contributed by atoms with van der Waals surface area (Å²) >= 11 is 0. The lowest BCUT2D eigenvalue weighted by molar-refractivity contribution is 0.0942. The summed E-state index contributed by atoms with van der Waals surface area (Å²) in [4.78, 5) is 30.2. The molecule has 5 aromatic heterocycles. The van der Waals surface area contributed by atoms with Crippen molar-refractivity contribution < 1.29 is 9.59 Å². The number of hydrogen-bond acceptors (Lipinski definition) is 7. The minimum absolute atomic E-state index is 0.150. The highest BCUT2D eigenvalue weighted by atomic mass is 16.2. The number of nitrogens with one attached hydrogen (secondary N) is 2. The number of anilines is 1. The molecule has 0 atom stereocenters. The number of carbonyl (C=O) groups is 2. The van der Waals surface area contributed by atoms with Crippen LogP contribution in [0.1, 0.15) is 32.2 Å². The summed E-state index contributed by atoms with van der Waals surface area (Å²) in [6.07, 6.45) is 8.31. The Morgan fingerprint density at radius 3 is 2.51 bits per heavy atom. The van der Waals surface area contributed by atoms with E-state index in [1.54, 1.807) is 52.6 Å². The van der Waals surface area contributed by atoms with E-state index in [4.69, 9.17) is 0 Å². The van der Waals surface area contributed by atoms with Gasteiger partial charge in [0.15, 0.2) is 11.3 Å². The smallest absolute Gasteiger partial charge is 0.276 e. The van der Waals surface area contributed by atoms with E-state index in [1.807, 2.05) is 26.2 Å². The van der Waals surface area contributed by atoms with Crippen LogP contribution in [0.3, 0.4) is 0 Å². The van der Waals surface area contributed by atoms with Crippen molar-refractivity contribution in [3.8, 4) is 11.3 Å². The second-order valence-corrected chi connectivity index (χ2v) is 8.09. The van der Waals surface area contributed by atoms with Gasteiger partial charge < -0.3 is 10.6 Å². The minimum atomic E-state index is -0.487. The molecule has 13 nitrogen and oxygen atoms in total. The number of fused-ring (bicyclic) bond motifs is 1. The van der Waals surface area contributed by atoms with Crippen LogP contribution in [0.25, 0.3) is 16.9 Å². The molecule has 0 spiro atoms. The number of amides is 2. The normalized spacial score (nSPS) is 11.2. The molecule has 178 valence electrons. The van der Waals surface area contributed by atoms with Crippen LogP contribution >= 0.6 is 0 Å². The maximum Gasteiger partial charge on any atom is 0.276 e. The molecule has 0 radical (unpaired) electrons. The van der Waals surface area contributed by atoms with Gasteiger partial charge >= 0.3 is 0 Å². The highest BCUT2D eigenvalue weighted by Gasteiger charge is 2.21. The maximum absolute atomic E-state index is 13.1. The Hall–Kier alpha value is -4.81. The quantitative estimate of drug-likeness (QED) is 0.376. The molecular weight excluding hydrogens is 450 g/mol. The Labute approximate surface area is 199 Å². The molecule has 13 heteroatoms. The third-order valence-electron chi connectivity index (χ3n) is 5.72. The fraction of sp³-hybridized carbons (Fsp3) is 0.227. The zero-order chi connectivity index (χ0) is 24.7. The van der Waals surface area contributed by atoms with Crippen molar-refractivity contribution in [2.24, 2.45) is 21.1 Å². The average molecular weight is 474 g/mol. The predicted octanol–water partition coefficient (Wildman–Crippen LogP) is 1.09. The minimum Gasteiger partial charge on any atom is -0.346 e. The molecule has 0 fully saturated rings. The van der Waals surface area contributed by atoms with E-state index in [-0.39, 0.29) is 23.0 Å². The zero-order valence-electron chi connectivity index (χ0n) is 19.6. The van der Waals surface area contributed by atoms with E-state index in [9.17, 15) is 9.59 Å². The molecule has 0 aliphatic carbocycles. The lowest BCUT2D eigenvalue weighted by Crippen LogP contribution is -2.26. The van der Waals surface area contributed by atoms with E-state index in [2.05, 4.69) is 36.0 Å². The van der Waals surface area contributed by atoms with E-state index in [0.29, 0.717) is 12.2 Å². The van der Waals surface area contributed by atoms with Crippen molar-refractivity contribution in [1.29, 1.82) is 0 Å². The van der Waals surface area contributed by atoms with Crippen LogP contribution in [-0.2, 0) is 27.7 Å². The SMILES string of the molecule is Cc1c(-c2ccnc3cc(C(=O)Nc4cnn(C)c4C(=O)NCc4cnn(C)c4)nn23)cnn1C. The monoisotopic (exact) mass is 473 g/mol. The standard InChI is InChI=1S/C22H23N11O2/c1-13-15(10-26-31(13)3)18-5-6-23-19-7-16(29-33(18)19)21(34)28-17-11-27-32(4)20(17)22(35)24-8-14-9-25-30(2)12-14/h5-7,9-12H,8H2,1-4H3,(H,24,35)(H,28,34). The maximum atomic E-state index is 13.1. The van der Waals surface area contributed by atoms with Gasteiger partial charge in [-0.15, -0.1) is 0 Å². The Balaban J connectivity index is 1.38. The van der Waals surface area contributed by atoms with Crippen LogP contribution in [0.4, 0.5) is 5.69 Å². The molecule has 5 rings (SSSR count). The summed E-state index contributed by atoms with van der Waals surface area (Å²) in [7, 11) is 5.29. The van der Waals surface area contributed by atoms with Crippen molar-refractivity contribution in [1.82, 2.24) is 49.3 Å². The Kier molecular flexibility index (Phi) is 5.35. The molecular formula is C22H23N11O2. The van der Waals surface area contributed by atoms with Gasteiger partial charge in [-0.25, -0.2) is 9.50 Å². The molecule has 0 aromatic carbocycles. The van der Waals surface area contributed by atoms with E-state index in [1.165, 1.54) is 10.9 Å². The molecule has 5 aromatic rings. The van der Waals surface area contributed by atoms with Crippen LogP contribution in [0.5, 0.6) is 0 Å². The molecule has 5 heterocycles. The summed E-state index contributed by atoms with van der Waals surface area (Å²) in [5.74, 6) is -0.867. The Bertz CT molecular complexity index is 1570. The molecule has 0 aliphatic heterocycles. The third-order valence-corrected chi connectivity index (χ3v) is 5.72. The fourth-order valence-electron chi connectivity index (χ4n) is 3.77. The first-order valence-corrected chi connectivity index (χ1v) is 10.7. The molecule has 0 saturated heterocycles. The first-order chi connectivity index (χ1) is 16.8. The summed E-state index contributed by atoms with van der Waals surface area (Å²) in [5.41, 5.74) is 4.60. The lowest BCUT2D eigenvalue weighted by Gasteiger charge is -2.07. The second-order valence-electron chi connectivity index (χ2n) is 8.09. The number of carbonyl (C=O) groups excluding carboxylic acids is 2. The highest BCUT2D eigenvalue weighted by molar-refractivity contribution is 6.07. The second kappa shape index (κ2) is 8.52. The van der Waals surface area contributed by atoms with Crippen molar-refractivity contribution in [3.05, 3.63) is 65.8 Å². The average Bonchev–Trinajstić information content (AvgIpc) is 3.60. The molecule has 0 aliphatic rings. The van der Waals surface area contributed by atoms with Gasteiger partial charge in [0.05, 0.1) is 30.0 Å². The number of aromatic nitrogens is 9. The number of rotatable bonds is 6. The van der Waals surface area contributed by atoms with Crippen molar-refractivity contribution in [2.75, 3.05) is 5.32 Å². The number of hydrogen-bond donors (Lipinski definition) is 2. The van der Waals surface area contributed by atoms with Gasteiger partial charge in [-0.05, 0) is 13.0 Å². The predicted molar refractivity (Wildman–Crippen MR) is 125 cm³/mol. The van der Waals surface area contributed by atoms with Gasteiger partial charge in [-0.2, -0.15) is 20.4 Å². The zero-order valence-corrected chi connectivity index (χ0v) is 19.6. The van der Waals surface area contributed by atoms with E-state index in [0.717, 1.165) is 22.5 Å². The van der Waals surface area contributed by atoms with E-state index < -0.39 is 5.91 Å². The van der Waals surface area contributed by atoms with Gasteiger partial charge in [-0.3, -0.25) is 23.6 Å². The molecule has 2 amide bonds. The molecule has 0 saturated carbocycles. The summed E-state index contributed by atoms with van der Waals surface area (Å²) in [5, 5.41) is 22.5. The molecule has 0 bridgehead atoms. The summed E-state index contributed by atoms with van der Waals surface area (Å²) in [6, 6.07) is 3.40. The molecule has 2 N–H and O–H groups in total. The molecule has 0 unspecified atom stereocenters. The largest absolute Gasteiger partial charge is 0.346 e. The Morgan fingerprint density at radius 2 is 1.80 bits per heavy atom. The number of aryl methyl sites for hydroxylation is 3. The van der Waals surface area contributed by atoms with Crippen molar-refractivity contribution in [3.63, 3.8) is 0 Å². The summed E-state index contributed by atoms with van der Waals surface area (Å²) < 4.78 is 6.43. The fourth-order valence-corrected chi connectivity index (χ4v) is 3.77. The first kappa shape index (κ1) is 22.0. The van der Waals surface area contributed by atoms with Gasteiger partial charge in [0.2, 0.25) is 0 Å². The van der Waals surface area contributed by atoms with Crippen LogP contribution in [0.15, 0.2) is 43.1 Å². The third kappa shape index (κ3) is 4.03. The highest BCUT2D eigenvalue weighted by Crippen LogP contribution is 2.23. The van der Waals surface area contributed by atoms with Gasteiger partial charge in [0.25, 0.3) is 11.8 Å². The van der Waals surface area contributed by atoms with Crippen LogP contribution < -0.4 is 10.6 Å². The topological polar surface area (TPSA) is 142 Å². The van der Waals surface area contributed by atoms with Crippen LogP contribution in [-0.4, -0.2) is 55.8 Å². The number of nitrogens with zero attached hydrogens (tertiary/aromatic N) is 9. The van der Waals surface area contributed by atoms with E-state index >= 15 is 0 Å². The van der Waals surface area contributed by atoms with Gasteiger partial charge in [-0.1, -0.05) is 0 Å². The molecule has 35 heavy (non-hydrogen) atoms. The van der Waals surface area contributed by atoms with Gasteiger partial charge in [0, 0.05) is 63.0 Å². The first-order valence-electron chi connectivity index (χ1n) is 10.7. The van der Waals surface area contributed by atoms with Gasteiger partial charge in [0.1, 0.15) is 5.69 Å².